The number of ether oxygens (including phenoxy) is 2. The molecule has 18 heavy (non-hydrogen) atoms. The number of aliphatic hydroxyl groups is 1. The molecule has 3 nitrogen and oxygen atoms in total. The molecule has 100 valence electrons. The van der Waals surface area contributed by atoms with Crippen molar-refractivity contribution in [1.29, 1.82) is 0 Å². The van der Waals surface area contributed by atoms with Crippen LogP contribution >= 0.6 is 0 Å². The second-order valence-corrected chi connectivity index (χ2v) is 5.30. The number of hydrogen-bond donors (Lipinski definition) is 1. The molecule has 1 aliphatic heterocycles. The first-order valence-electron chi connectivity index (χ1n) is 6.67. The Morgan fingerprint density at radius 3 is 2.39 bits per heavy atom. The second-order valence-electron chi connectivity index (χ2n) is 5.30. The Balaban J connectivity index is 2.22. The zero-order valence-corrected chi connectivity index (χ0v) is 11.3. The Morgan fingerprint density at radius 1 is 1.06 bits per heavy atom. The van der Waals surface area contributed by atoms with E-state index in [2.05, 4.69) is 20.8 Å². The first-order valence-corrected chi connectivity index (χ1v) is 6.67. The molecule has 1 aromatic rings. The van der Waals surface area contributed by atoms with Crippen LogP contribution < -0.4 is 9.47 Å². The maximum Gasteiger partial charge on any atom is 0.161 e. The van der Waals surface area contributed by atoms with E-state index in [1.165, 1.54) is 0 Å². The standard InChI is InChI=1S/C15H22O3/c1-10(2)11(3)15(16)12-5-6-13-14(9-12)18-8-4-7-17-13/h5-6,9-11,15-16H,4,7-8H2,1-3H3. The SMILES string of the molecule is CC(C)C(C)C(O)c1ccc2c(c1)OCCCO2. The lowest BCUT2D eigenvalue weighted by Crippen LogP contribution is -2.15. The third kappa shape index (κ3) is 2.78. The van der Waals surface area contributed by atoms with Crippen molar-refractivity contribution >= 4 is 0 Å². The summed E-state index contributed by atoms with van der Waals surface area (Å²) in [6, 6.07) is 5.73. The van der Waals surface area contributed by atoms with E-state index < -0.39 is 6.10 Å². The fourth-order valence-electron chi connectivity index (χ4n) is 2.03. The lowest BCUT2D eigenvalue weighted by molar-refractivity contribution is 0.0918. The van der Waals surface area contributed by atoms with E-state index in [1.54, 1.807) is 0 Å². The molecule has 0 radical (unpaired) electrons. The zero-order valence-electron chi connectivity index (χ0n) is 11.3. The lowest BCUT2D eigenvalue weighted by Gasteiger charge is -2.23. The van der Waals surface area contributed by atoms with Crippen molar-refractivity contribution in [3.05, 3.63) is 23.8 Å². The predicted molar refractivity (Wildman–Crippen MR) is 71.0 cm³/mol. The first kappa shape index (κ1) is 13.2. The number of rotatable bonds is 3. The third-order valence-corrected chi connectivity index (χ3v) is 3.66. The molecule has 1 N–H and O–H groups in total. The van der Waals surface area contributed by atoms with Gasteiger partial charge < -0.3 is 14.6 Å². The van der Waals surface area contributed by atoms with Crippen molar-refractivity contribution in [2.24, 2.45) is 11.8 Å². The van der Waals surface area contributed by atoms with E-state index in [-0.39, 0.29) is 5.92 Å². The predicted octanol–water partition coefficient (Wildman–Crippen LogP) is 3.17. The summed E-state index contributed by atoms with van der Waals surface area (Å²) in [4.78, 5) is 0. The smallest absolute Gasteiger partial charge is 0.161 e. The quantitative estimate of drug-likeness (QED) is 0.895. The molecule has 0 bridgehead atoms. The van der Waals surface area contributed by atoms with Gasteiger partial charge in [0, 0.05) is 6.42 Å². The minimum atomic E-state index is -0.456. The topological polar surface area (TPSA) is 38.7 Å². The molecule has 2 unspecified atom stereocenters. The summed E-state index contributed by atoms with van der Waals surface area (Å²) in [6.07, 6.45) is 0.441. The maximum atomic E-state index is 10.3. The van der Waals surface area contributed by atoms with E-state index in [9.17, 15) is 5.11 Å². The second kappa shape index (κ2) is 5.61. The van der Waals surface area contributed by atoms with Crippen molar-refractivity contribution in [2.45, 2.75) is 33.3 Å². The lowest BCUT2D eigenvalue weighted by atomic mass is 9.88. The summed E-state index contributed by atoms with van der Waals surface area (Å²) in [7, 11) is 0. The van der Waals surface area contributed by atoms with Gasteiger partial charge in [0.1, 0.15) is 0 Å². The fourth-order valence-corrected chi connectivity index (χ4v) is 2.03. The Morgan fingerprint density at radius 2 is 1.72 bits per heavy atom. The normalized spacial score (nSPS) is 18.3. The van der Waals surface area contributed by atoms with Crippen LogP contribution in [0.2, 0.25) is 0 Å². The zero-order chi connectivity index (χ0) is 13.1. The molecule has 0 fully saturated rings. The van der Waals surface area contributed by atoms with E-state index in [0.29, 0.717) is 19.1 Å². The van der Waals surface area contributed by atoms with E-state index in [0.717, 1.165) is 23.5 Å². The van der Waals surface area contributed by atoms with Crippen LogP contribution in [-0.4, -0.2) is 18.3 Å². The van der Waals surface area contributed by atoms with E-state index in [4.69, 9.17) is 9.47 Å². The molecule has 2 rings (SSSR count). The Hall–Kier alpha value is -1.22. The molecule has 0 aliphatic carbocycles. The first-order chi connectivity index (χ1) is 8.59. The highest BCUT2D eigenvalue weighted by Crippen LogP contribution is 2.35. The van der Waals surface area contributed by atoms with Gasteiger partial charge >= 0.3 is 0 Å². The molecule has 2 atom stereocenters. The third-order valence-electron chi connectivity index (χ3n) is 3.66. The van der Waals surface area contributed by atoms with Crippen molar-refractivity contribution in [1.82, 2.24) is 0 Å². The highest BCUT2D eigenvalue weighted by Gasteiger charge is 2.21. The summed E-state index contributed by atoms with van der Waals surface area (Å²) in [5.41, 5.74) is 0.903. The minimum Gasteiger partial charge on any atom is -0.490 e. The summed E-state index contributed by atoms with van der Waals surface area (Å²) in [5.74, 6) is 2.19. The molecule has 0 saturated heterocycles. The number of aliphatic hydroxyl groups excluding tert-OH is 1. The molecular weight excluding hydrogens is 228 g/mol. The van der Waals surface area contributed by atoms with Gasteiger partial charge in [-0.05, 0) is 29.5 Å². The van der Waals surface area contributed by atoms with Crippen LogP contribution in [0.3, 0.4) is 0 Å². The van der Waals surface area contributed by atoms with Crippen molar-refractivity contribution in [2.75, 3.05) is 13.2 Å². The molecule has 0 amide bonds. The van der Waals surface area contributed by atoms with Gasteiger partial charge in [-0.2, -0.15) is 0 Å². The number of fused-ring (bicyclic) bond motifs is 1. The maximum absolute atomic E-state index is 10.3. The van der Waals surface area contributed by atoms with Gasteiger partial charge in [0.2, 0.25) is 0 Å². The van der Waals surface area contributed by atoms with E-state index >= 15 is 0 Å². The molecular formula is C15H22O3. The largest absolute Gasteiger partial charge is 0.490 e. The highest BCUT2D eigenvalue weighted by molar-refractivity contribution is 5.44. The molecule has 3 heteroatoms. The Labute approximate surface area is 109 Å². The van der Waals surface area contributed by atoms with Crippen LogP contribution in [0.4, 0.5) is 0 Å². The molecule has 0 spiro atoms. The van der Waals surface area contributed by atoms with Crippen molar-refractivity contribution < 1.29 is 14.6 Å². The summed E-state index contributed by atoms with van der Waals surface area (Å²) >= 11 is 0. The van der Waals surface area contributed by atoms with Gasteiger partial charge in [0.25, 0.3) is 0 Å². The highest BCUT2D eigenvalue weighted by atomic mass is 16.5. The van der Waals surface area contributed by atoms with Gasteiger partial charge in [-0.25, -0.2) is 0 Å². The van der Waals surface area contributed by atoms with Crippen LogP contribution in [0.5, 0.6) is 11.5 Å². The van der Waals surface area contributed by atoms with Crippen LogP contribution in [0.15, 0.2) is 18.2 Å². The van der Waals surface area contributed by atoms with Gasteiger partial charge in [0.05, 0.1) is 19.3 Å². The van der Waals surface area contributed by atoms with Crippen molar-refractivity contribution in [3.63, 3.8) is 0 Å². The fraction of sp³-hybridized carbons (Fsp3) is 0.600. The van der Waals surface area contributed by atoms with Crippen molar-refractivity contribution in [3.8, 4) is 11.5 Å². The van der Waals surface area contributed by atoms with Gasteiger partial charge in [-0.15, -0.1) is 0 Å². The molecule has 0 aromatic heterocycles. The number of hydrogen-bond acceptors (Lipinski definition) is 3. The van der Waals surface area contributed by atoms with Gasteiger partial charge in [-0.1, -0.05) is 26.8 Å². The summed E-state index contributed by atoms with van der Waals surface area (Å²) in [5, 5.41) is 10.3. The Kier molecular flexibility index (Phi) is 4.12. The average molecular weight is 250 g/mol. The van der Waals surface area contributed by atoms with Crippen LogP contribution in [-0.2, 0) is 0 Å². The van der Waals surface area contributed by atoms with Crippen LogP contribution in [0.25, 0.3) is 0 Å². The molecule has 1 aromatic carbocycles. The van der Waals surface area contributed by atoms with Crippen LogP contribution in [0, 0.1) is 11.8 Å². The van der Waals surface area contributed by atoms with Gasteiger partial charge in [-0.3, -0.25) is 0 Å². The van der Waals surface area contributed by atoms with E-state index in [1.807, 2.05) is 18.2 Å². The van der Waals surface area contributed by atoms with Gasteiger partial charge in [0.15, 0.2) is 11.5 Å². The molecule has 1 heterocycles. The Bertz CT molecular complexity index is 401. The summed E-state index contributed by atoms with van der Waals surface area (Å²) < 4.78 is 11.2. The minimum absolute atomic E-state index is 0.217. The molecule has 0 saturated carbocycles. The average Bonchev–Trinajstić information content (AvgIpc) is 2.60. The monoisotopic (exact) mass is 250 g/mol. The molecule has 1 aliphatic rings. The summed E-state index contributed by atoms with van der Waals surface area (Å²) in [6.45, 7) is 7.68. The number of benzene rings is 1. The van der Waals surface area contributed by atoms with Crippen LogP contribution in [0.1, 0.15) is 38.9 Å².